The Kier molecular flexibility index (Phi) is 5.39. The highest BCUT2D eigenvalue weighted by Gasteiger charge is 2.25. The van der Waals surface area contributed by atoms with Crippen molar-refractivity contribution >= 4 is 5.91 Å². The van der Waals surface area contributed by atoms with E-state index in [4.69, 9.17) is 4.74 Å². The second-order valence-electron chi connectivity index (χ2n) is 6.69. The molecule has 0 bridgehead atoms. The van der Waals surface area contributed by atoms with Crippen LogP contribution in [0.5, 0.6) is 5.75 Å². The lowest BCUT2D eigenvalue weighted by Gasteiger charge is -2.22. The number of methoxy groups -OCH3 is 1. The average Bonchev–Trinajstić information content (AvgIpc) is 3.04. The number of rotatable bonds is 6. The summed E-state index contributed by atoms with van der Waals surface area (Å²) in [6, 6.07) is 16.2. The first-order chi connectivity index (χ1) is 12.1. The Morgan fingerprint density at radius 3 is 2.76 bits per heavy atom. The summed E-state index contributed by atoms with van der Waals surface area (Å²) in [7, 11) is 1.66. The van der Waals surface area contributed by atoms with Gasteiger partial charge in [-0.25, -0.2) is 0 Å². The van der Waals surface area contributed by atoms with Crippen molar-refractivity contribution in [3.8, 4) is 5.75 Å². The Labute approximate surface area is 149 Å². The monoisotopic (exact) mass is 338 g/mol. The maximum absolute atomic E-state index is 12.6. The predicted octanol–water partition coefficient (Wildman–Crippen LogP) is 3.54. The summed E-state index contributed by atoms with van der Waals surface area (Å²) < 4.78 is 5.27. The molecule has 3 rings (SSSR count). The van der Waals surface area contributed by atoms with Gasteiger partial charge in [-0.1, -0.05) is 36.4 Å². The fourth-order valence-corrected chi connectivity index (χ4v) is 3.46. The molecule has 2 N–H and O–H groups in total. The van der Waals surface area contributed by atoms with E-state index in [0.717, 1.165) is 24.2 Å². The van der Waals surface area contributed by atoms with E-state index in [2.05, 4.69) is 35.8 Å². The van der Waals surface area contributed by atoms with E-state index in [1.54, 1.807) is 7.11 Å². The van der Waals surface area contributed by atoms with E-state index < -0.39 is 0 Å². The summed E-state index contributed by atoms with van der Waals surface area (Å²) in [6.07, 6.45) is 2.01. The standard InChI is InChI=1S/C21H26N2O2/c1-14(17-8-6-9-18(13-17)25-3)22-15(2)21(24)23-20-12-11-16-7-4-5-10-19(16)20/h4-10,13-15,20,22H,11-12H2,1-3H3,(H,23,24)/t14-,15-,20+/m0/s1. The van der Waals surface area contributed by atoms with Gasteiger partial charge < -0.3 is 10.1 Å². The van der Waals surface area contributed by atoms with Gasteiger partial charge in [0.2, 0.25) is 5.91 Å². The van der Waals surface area contributed by atoms with Crippen molar-refractivity contribution in [3.63, 3.8) is 0 Å². The van der Waals surface area contributed by atoms with Gasteiger partial charge in [0.05, 0.1) is 19.2 Å². The number of aryl methyl sites for hydroxylation is 1. The topological polar surface area (TPSA) is 50.4 Å². The third-order valence-corrected chi connectivity index (χ3v) is 4.94. The van der Waals surface area contributed by atoms with Crippen LogP contribution in [0.25, 0.3) is 0 Å². The Morgan fingerprint density at radius 1 is 1.16 bits per heavy atom. The van der Waals surface area contributed by atoms with Crippen molar-refractivity contribution in [2.45, 2.75) is 44.8 Å². The summed E-state index contributed by atoms with van der Waals surface area (Å²) >= 11 is 0. The smallest absolute Gasteiger partial charge is 0.237 e. The van der Waals surface area contributed by atoms with E-state index in [9.17, 15) is 4.79 Å². The molecule has 0 aliphatic heterocycles. The molecule has 0 spiro atoms. The van der Waals surface area contributed by atoms with Crippen molar-refractivity contribution in [1.29, 1.82) is 0 Å². The second-order valence-corrected chi connectivity index (χ2v) is 6.69. The Hall–Kier alpha value is -2.33. The van der Waals surface area contributed by atoms with Crippen LogP contribution in [-0.2, 0) is 11.2 Å². The molecule has 4 heteroatoms. The van der Waals surface area contributed by atoms with Crippen molar-refractivity contribution in [2.24, 2.45) is 0 Å². The highest BCUT2D eigenvalue weighted by Crippen LogP contribution is 2.30. The molecular formula is C21H26N2O2. The van der Waals surface area contributed by atoms with E-state index in [1.165, 1.54) is 11.1 Å². The number of hydrogen-bond donors (Lipinski definition) is 2. The van der Waals surface area contributed by atoms with E-state index in [-0.39, 0.29) is 24.0 Å². The van der Waals surface area contributed by atoms with Gasteiger partial charge in [0.15, 0.2) is 0 Å². The molecule has 0 saturated carbocycles. The fraction of sp³-hybridized carbons (Fsp3) is 0.381. The van der Waals surface area contributed by atoms with Gasteiger partial charge >= 0.3 is 0 Å². The van der Waals surface area contributed by atoms with Crippen LogP contribution in [0.3, 0.4) is 0 Å². The maximum Gasteiger partial charge on any atom is 0.237 e. The van der Waals surface area contributed by atoms with Crippen LogP contribution in [0, 0.1) is 0 Å². The molecule has 0 fully saturated rings. The zero-order valence-corrected chi connectivity index (χ0v) is 15.1. The Bertz CT molecular complexity index is 744. The van der Waals surface area contributed by atoms with Crippen molar-refractivity contribution in [1.82, 2.24) is 10.6 Å². The zero-order chi connectivity index (χ0) is 17.8. The molecule has 0 unspecified atom stereocenters. The first-order valence-corrected chi connectivity index (χ1v) is 8.86. The molecule has 2 aromatic carbocycles. The highest BCUT2D eigenvalue weighted by atomic mass is 16.5. The Morgan fingerprint density at radius 2 is 1.96 bits per heavy atom. The van der Waals surface area contributed by atoms with Gasteiger partial charge in [-0.2, -0.15) is 0 Å². The first-order valence-electron chi connectivity index (χ1n) is 8.86. The molecule has 2 aromatic rings. The number of benzene rings is 2. The SMILES string of the molecule is COc1cccc([C@H](C)N[C@@H](C)C(=O)N[C@@H]2CCc3ccccc32)c1. The normalized spacial score (nSPS) is 18.3. The number of nitrogens with one attached hydrogen (secondary N) is 2. The van der Waals surface area contributed by atoms with Crippen LogP contribution >= 0.6 is 0 Å². The second kappa shape index (κ2) is 7.70. The van der Waals surface area contributed by atoms with Gasteiger partial charge in [0, 0.05) is 6.04 Å². The number of fused-ring (bicyclic) bond motifs is 1. The summed E-state index contributed by atoms with van der Waals surface area (Å²) in [5.41, 5.74) is 3.70. The lowest BCUT2D eigenvalue weighted by Crippen LogP contribution is -2.44. The van der Waals surface area contributed by atoms with Crippen molar-refractivity contribution in [3.05, 3.63) is 65.2 Å². The van der Waals surface area contributed by atoms with Crippen LogP contribution in [-0.4, -0.2) is 19.1 Å². The summed E-state index contributed by atoms with van der Waals surface area (Å²) in [5, 5.41) is 6.57. The van der Waals surface area contributed by atoms with Crippen molar-refractivity contribution in [2.75, 3.05) is 7.11 Å². The van der Waals surface area contributed by atoms with Gasteiger partial charge in [-0.05, 0) is 55.5 Å². The first kappa shape index (κ1) is 17.5. The Balaban J connectivity index is 1.59. The molecule has 1 aliphatic rings. The third kappa shape index (κ3) is 4.02. The molecule has 25 heavy (non-hydrogen) atoms. The lowest BCUT2D eigenvalue weighted by molar-refractivity contribution is -0.123. The number of hydrogen-bond acceptors (Lipinski definition) is 3. The van der Waals surface area contributed by atoms with E-state index in [1.807, 2.05) is 37.3 Å². The van der Waals surface area contributed by atoms with Gasteiger partial charge in [0.1, 0.15) is 5.75 Å². The minimum Gasteiger partial charge on any atom is -0.497 e. The summed E-state index contributed by atoms with van der Waals surface area (Å²) in [4.78, 5) is 12.6. The molecule has 0 radical (unpaired) electrons. The third-order valence-electron chi connectivity index (χ3n) is 4.94. The minimum absolute atomic E-state index is 0.0384. The quantitative estimate of drug-likeness (QED) is 0.847. The number of ether oxygens (including phenoxy) is 1. The average molecular weight is 338 g/mol. The molecule has 0 aromatic heterocycles. The van der Waals surface area contributed by atoms with Crippen LogP contribution in [0.15, 0.2) is 48.5 Å². The summed E-state index contributed by atoms with van der Waals surface area (Å²) in [5.74, 6) is 0.863. The van der Waals surface area contributed by atoms with Gasteiger partial charge in [0.25, 0.3) is 0 Å². The van der Waals surface area contributed by atoms with E-state index >= 15 is 0 Å². The predicted molar refractivity (Wildman–Crippen MR) is 99.7 cm³/mol. The van der Waals surface area contributed by atoms with Crippen LogP contribution in [0.4, 0.5) is 0 Å². The van der Waals surface area contributed by atoms with Crippen LogP contribution < -0.4 is 15.4 Å². The minimum atomic E-state index is -0.269. The molecule has 1 amide bonds. The van der Waals surface area contributed by atoms with E-state index in [0.29, 0.717) is 0 Å². The fourth-order valence-electron chi connectivity index (χ4n) is 3.46. The molecule has 4 nitrogen and oxygen atoms in total. The zero-order valence-electron chi connectivity index (χ0n) is 15.1. The van der Waals surface area contributed by atoms with Crippen LogP contribution in [0.2, 0.25) is 0 Å². The number of carbonyl (C=O) groups excluding carboxylic acids is 1. The molecule has 132 valence electrons. The maximum atomic E-state index is 12.6. The lowest BCUT2D eigenvalue weighted by atomic mass is 10.1. The largest absolute Gasteiger partial charge is 0.497 e. The summed E-state index contributed by atoms with van der Waals surface area (Å²) in [6.45, 7) is 3.97. The highest BCUT2D eigenvalue weighted by molar-refractivity contribution is 5.82. The molecule has 0 heterocycles. The van der Waals surface area contributed by atoms with Gasteiger partial charge in [-0.15, -0.1) is 0 Å². The number of carbonyl (C=O) groups is 1. The van der Waals surface area contributed by atoms with Crippen LogP contribution in [0.1, 0.15) is 49.0 Å². The number of amides is 1. The molecular weight excluding hydrogens is 312 g/mol. The van der Waals surface area contributed by atoms with Gasteiger partial charge in [-0.3, -0.25) is 10.1 Å². The van der Waals surface area contributed by atoms with Crippen molar-refractivity contribution < 1.29 is 9.53 Å². The molecule has 3 atom stereocenters. The molecule has 0 saturated heterocycles. The molecule has 1 aliphatic carbocycles.